The second-order valence-electron chi connectivity index (χ2n) is 10.8. The molecule has 0 unspecified atom stereocenters. The predicted octanol–water partition coefficient (Wildman–Crippen LogP) is 5.71. The Labute approximate surface area is 256 Å². The lowest BCUT2D eigenvalue weighted by Gasteiger charge is -2.22. The van der Waals surface area contributed by atoms with Crippen molar-refractivity contribution < 1.29 is 33.2 Å². The van der Waals surface area contributed by atoms with E-state index in [2.05, 4.69) is 30.2 Å². The summed E-state index contributed by atoms with van der Waals surface area (Å²) in [6.45, 7) is 8.44. The summed E-state index contributed by atoms with van der Waals surface area (Å²) >= 11 is 1.37. The van der Waals surface area contributed by atoms with E-state index >= 15 is 4.39 Å². The van der Waals surface area contributed by atoms with E-state index in [0.29, 0.717) is 32.1 Å². The van der Waals surface area contributed by atoms with E-state index in [9.17, 15) is 9.90 Å². The highest BCUT2D eigenvalue weighted by Gasteiger charge is 2.22. The van der Waals surface area contributed by atoms with Crippen LogP contribution < -0.4 is 19.5 Å². The van der Waals surface area contributed by atoms with Gasteiger partial charge in [0, 0.05) is 17.7 Å². The predicted molar refractivity (Wildman–Crippen MR) is 163 cm³/mol. The fourth-order valence-electron chi connectivity index (χ4n) is 4.05. The van der Waals surface area contributed by atoms with Crippen molar-refractivity contribution in [3.05, 3.63) is 54.2 Å². The molecule has 230 valence electrons. The van der Waals surface area contributed by atoms with E-state index in [0.717, 1.165) is 11.1 Å². The van der Waals surface area contributed by atoms with Crippen molar-refractivity contribution in [3.63, 3.8) is 0 Å². The molecule has 0 saturated carbocycles. The lowest BCUT2D eigenvalue weighted by molar-refractivity contribution is 0.0250. The van der Waals surface area contributed by atoms with Gasteiger partial charge in [-0.2, -0.15) is 0 Å². The fourth-order valence-corrected chi connectivity index (χ4v) is 5.04. The van der Waals surface area contributed by atoms with Crippen LogP contribution in [0.5, 0.6) is 17.6 Å². The number of benzene rings is 2. The SMILES string of the molecule is COc1cnc2c(-c3nc4cc(F)c(O[C@@H](C)[C@@H](C)OC(=O)Nc5cnc(OCC(C)(C)O)nc5)cc4s3)cc(C)cc2n1. The van der Waals surface area contributed by atoms with Crippen molar-refractivity contribution in [2.24, 2.45) is 0 Å². The zero-order valence-electron chi connectivity index (χ0n) is 24.9. The number of carbonyl (C=O) groups excluding carboxylic acids is 1. The molecule has 1 amide bonds. The maximum atomic E-state index is 15.1. The number of amides is 1. The van der Waals surface area contributed by atoms with Gasteiger partial charge in [-0.3, -0.25) is 5.32 Å². The quantitative estimate of drug-likeness (QED) is 0.197. The highest BCUT2D eigenvalue weighted by molar-refractivity contribution is 7.21. The summed E-state index contributed by atoms with van der Waals surface area (Å²) in [6.07, 6.45) is 2.03. The molecule has 0 aliphatic rings. The van der Waals surface area contributed by atoms with Crippen LogP contribution in [0.3, 0.4) is 0 Å². The number of aryl methyl sites for hydroxylation is 1. The number of anilines is 1. The summed E-state index contributed by atoms with van der Waals surface area (Å²) < 4.78 is 37.6. The Morgan fingerprint density at radius 3 is 2.50 bits per heavy atom. The Hall–Kier alpha value is -4.69. The first-order valence-corrected chi connectivity index (χ1v) is 14.4. The largest absolute Gasteiger partial charge is 0.484 e. The molecule has 2 atom stereocenters. The number of aromatic nitrogens is 5. The van der Waals surface area contributed by atoms with E-state index in [-0.39, 0.29) is 24.1 Å². The smallest absolute Gasteiger partial charge is 0.412 e. The summed E-state index contributed by atoms with van der Waals surface area (Å²) in [6, 6.07) is 6.83. The van der Waals surface area contributed by atoms with Crippen LogP contribution >= 0.6 is 11.3 Å². The number of nitrogens with zero attached hydrogens (tertiary/aromatic N) is 5. The van der Waals surface area contributed by atoms with E-state index < -0.39 is 29.7 Å². The summed E-state index contributed by atoms with van der Waals surface area (Å²) in [7, 11) is 1.53. The molecule has 44 heavy (non-hydrogen) atoms. The van der Waals surface area contributed by atoms with Gasteiger partial charge in [0.15, 0.2) is 11.6 Å². The number of halogens is 1. The highest BCUT2D eigenvalue weighted by Crippen LogP contribution is 2.37. The number of methoxy groups -OCH3 is 1. The number of nitrogens with one attached hydrogen (secondary N) is 1. The van der Waals surface area contributed by atoms with E-state index in [1.807, 2.05) is 19.1 Å². The first-order chi connectivity index (χ1) is 20.9. The Morgan fingerprint density at radius 2 is 1.80 bits per heavy atom. The van der Waals surface area contributed by atoms with E-state index in [1.165, 1.54) is 36.9 Å². The van der Waals surface area contributed by atoms with Gasteiger partial charge in [0.05, 0.1) is 58.2 Å². The molecule has 0 saturated heterocycles. The number of hydrogen-bond acceptors (Lipinski definition) is 12. The summed E-state index contributed by atoms with van der Waals surface area (Å²) in [5, 5.41) is 12.9. The number of hydrogen-bond donors (Lipinski definition) is 2. The molecule has 2 aromatic carbocycles. The maximum Gasteiger partial charge on any atom is 0.412 e. The summed E-state index contributed by atoms with van der Waals surface area (Å²) in [4.78, 5) is 34.1. The third-order valence-corrected chi connectivity index (χ3v) is 7.40. The molecule has 2 N–H and O–H groups in total. The number of rotatable bonds is 10. The van der Waals surface area contributed by atoms with Crippen LogP contribution in [0.15, 0.2) is 42.9 Å². The van der Waals surface area contributed by atoms with E-state index in [4.69, 9.17) is 18.9 Å². The Morgan fingerprint density at radius 1 is 1.05 bits per heavy atom. The molecule has 0 spiro atoms. The molecule has 3 aromatic heterocycles. The average Bonchev–Trinajstić information content (AvgIpc) is 3.38. The van der Waals surface area contributed by atoms with Crippen molar-refractivity contribution in [3.8, 4) is 28.2 Å². The van der Waals surface area contributed by atoms with Crippen LogP contribution in [0.1, 0.15) is 33.3 Å². The van der Waals surface area contributed by atoms with Gasteiger partial charge >= 0.3 is 12.1 Å². The van der Waals surface area contributed by atoms with Crippen LogP contribution in [-0.2, 0) is 4.74 Å². The second-order valence-corrected chi connectivity index (χ2v) is 11.8. The number of thiazole rings is 1. The highest BCUT2D eigenvalue weighted by atomic mass is 32.1. The first kappa shape index (κ1) is 30.8. The molecule has 5 rings (SSSR count). The normalized spacial score (nSPS) is 13.0. The van der Waals surface area contributed by atoms with Gasteiger partial charge < -0.3 is 24.1 Å². The molecule has 0 aliphatic carbocycles. The minimum absolute atomic E-state index is 0.00399. The van der Waals surface area contributed by atoms with Crippen molar-refractivity contribution in [1.29, 1.82) is 0 Å². The van der Waals surface area contributed by atoms with Crippen LogP contribution in [0.4, 0.5) is 14.9 Å². The molecular formula is C30H31FN6O6S. The molecule has 0 aliphatic heterocycles. The van der Waals surface area contributed by atoms with Gasteiger partial charge in [-0.25, -0.2) is 34.1 Å². The van der Waals surface area contributed by atoms with Crippen LogP contribution in [-0.4, -0.2) is 67.6 Å². The van der Waals surface area contributed by atoms with Crippen molar-refractivity contribution in [2.75, 3.05) is 19.0 Å². The van der Waals surface area contributed by atoms with Crippen LogP contribution in [0, 0.1) is 12.7 Å². The lowest BCUT2D eigenvalue weighted by atomic mass is 10.1. The molecule has 5 aromatic rings. The molecule has 12 nitrogen and oxygen atoms in total. The van der Waals surface area contributed by atoms with E-state index in [1.54, 1.807) is 40.0 Å². The second kappa shape index (κ2) is 12.5. The molecule has 0 radical (unpaired) electrons. The number of carbonyl (C=O) groups is 1. The summed E-state index contributed by atoms with van der Waals surface area (Å²) in [5.74, 6) is -0.186. The minimum atomic E-state index is -1.04. The monoisotopic (exact) mass is 622 g/mol. The van der Waals surface area contributed by atoms with Gasteiger partial charge in [0.2, 0.25) is 5.88 Å². The Bertz CT molecular complexity index is 1810. The zero-order chi connectivity index (χ0) is 31.6. The van der Waals surface area contributed by atoms with Crippen molar-refractivity contribution in [1.82, 2.24) is 24.9 Å². The van der Waals surface area contributed by atoms with Gasteiger partial charge in [-0.05, 0) is 52.3 Å². The average molecular weight is 623 g/mol. The molecule has 3 heterocycles. The zero-order valence-corrected chi connectivity index (χ0v) is 25.7. The topological polar surface area (TPSA) is 151 Å². The molecule has 0 bridgehead atoms. The molecule has 14 heteroatoms. The minimum Gasteiger partial charge on any atom is -0.484 e. The standard InChI is InChI=1S/C30H31FN6O6S/c1-15-7-19(26-22(8-15)36-25(40-6)13-32-26)27-37-21-9-20(31)23(10-24(21)44-27)42-16(2)17(3)43-29(38)35-18-11-33-28(34-12-18)41-14-30(4,5)39/h7-13,16-17,39H,14H2,1-6H3,(H,35,38)/t16-,17+/m0/s1. The van der Waals surface area contributed by atoms with Gasteiger partial charge in [-0.15, -0.1) is 11.3 Å². The van der Waals surface area contributed by atoms with Crippen LogP contribution in [0.25, 0.3) is 31.8 Å². The first-order valence-electron chi connectivity index (χ1n) is 13.6. The van der Waals surface area contributed by atoms with Crippen LogP contribution in [0.2, 0.25) is 0 Å². The number of fused-ring (bicyclic) bond motifs is 2. The summed E-state index contributed by atoms with van der Waals surface area (Å²) in [5.41, 5.74) is 2.78. The van der Waals surface area contributed by atoms with Crippen molar-refractivity contribution >= 4 is 44.4 Å². The lowest BCUT2D eigenvalue weighted by Crippen LogP contribution is -2.32. The van der Waals surface area contributed by atoms with Gasteiger partial charge in [0.1, 0.15) is 23.8 Å². The van der Waals surface area contributed by atoms with Gasteiger partial charge in [0.25, 0.3) is 0 Å². The third kappa shape index (κ3) is 7.26. The Balaban J connectivity index is 1.25. The molecule has 0 fully saturated rings. The van der Waals surface area contributed by atoms with Crippen molar-refractivity contribution in [2.45, 2.75) is 52.4 Å². The van der Waals surface area contributed by atoms with Gasteiger partial charge in [-0.1, -0.05) is 0 Å². The fraction of sp³-hybridized carbons (Fsp3) is 0.333. The Kier molecular flexibility index (Phi) is 8.74. The molecular weight excluding hydrogens is 591 g/mol. The number of aliphatic hydroxyl groups is 1. The third-order valence-electron chi connectivity index (χ3n) is 6.35. The number of ether oxygens (including phenoxy) is 4. The maximum absolute atomic E-state index is 15.1.